The lowest BCUT2D eigenvalue weighted by Crippen LogP contribution is -1.85. The van der Waals surface area contributed by atoms with Gasteiger partial charge in [0.25, 0.3) is 0 Å². The van der Waals surface area contributed by atoms with E-state index in [1.54, 1.807) is 31.4 Å². The Morgan fingerprint density at radius 1 is 0.778 bits per heavy atom. The van der Waals surface area contributed by atoms with Crippen LogP contribution in [0.5, 0.6) is 5.75 Å². The molecule has 18 heavy (non-hydrogen) atoms. The predicted molar refractivity (Wildman–Crippen MR) is 78.5 cm³/mol. The van der Waals surface area contributed by atoms with Crippen LogP contribution in [-0.4, -0.2) is 7.11 Å². The molecule has 2 rings (SSSR count). The third-order valence-electron chi connectivity index (χ3n) is 2.47. The van der Waals surface area contributed by atoms with E-state index in [2.05, 4.69) is 0 Å². The van der Waals surface area contributed by atoms with Gasteiger partial charge < -0.3 is 4.74 Å². The molecule has 0 spiro atoms. The molecule has 5 heteroatoms. The molecule has 0 saturated heterocycles. The van der Waals surface area contributed by atoms with Gasteiger partial charge in [0.05, 0.1) is 27.2 Å². The van der Waals surface area contributed by atoms with Gasteiger partial charge >= 0.3 is 0 Å². The maximum atomic E-state index is 6.07. The molecule has 0 aromatic heterocycles. The highest BCUT2D eigenvalue weighted by molar-refractivity contribution is 6.48. The van der Waals surface area contributed by atoms with Crippen molar-refractivity contribution in [3.63, 3.8) is 0 Å². The molecule has 0 radical (unpaired) electrons. The first-order valence-corrected chi connectivity index (χ1v) is 6.52. The molecule has 2 aromatic carbocycles. The Morgan fingerprint density at radius 2 is 1.33 bits per heavy atom. The monoisotopic (exact) mass is 320 g/mol. The van der Waals surface area contributed by atoms with E-state index in [1.165, 1.54) is 0 Å². The quantitative estimate of drug-likeness (QED) is 0.618. The van der Waals surface area contributed by atoms with Crippen LogP contribution in [0.4, 0.5) is 0 Å². The zero-order valence-electron chi connectivity index (χ0n) is 9.31. The first-order chi connectivity index (χ1) is 8.52. The minimum absolute atomic E-state index is 0.349. The van der Waals surface area contributed by atoms with Gasteiger partial charge in [-0.25, -0.2) is 0 Å². The molecule has 0 unspecified atom stereocenters. The summed E-state index contributed by atoms with van der Waals surface area (Å²) in [6.45, 7) is 0. The first kappa shape index (κ1) is 13.8. The van der Waals surface area contributed by atoms with Gasteiger partial charge in [0.1, 0.15) is 5.75 Å². The maximum absolute atomic E-state index is 6.07. The molecule has 0 aliphatic rings. The van der Waals surface area contributed by atoms with E-state index in [1.807, 2.05) is 6.07 Å². The summed E-state index contributed by atoms with van der Waals surface area (Å²) in [6.07, 6.45) is 0. The van der Waals surface area contributed by atoms with Crippen molar-refractivity contribution >= 4 is 46.4 Å². The van der Waals surface area contributed by atoms with Gasteiger partial charge in [0, 0.05) is 0 Å². The Hall–Kier alpha value is -0.600. The third-order valence-corrected chi connectivity index (χ3v) is 3.96. The van der Waals surface area contributed by atoms with Gasteiger partial charge in [-0.2, -0.15) is 0 Å². The van der Waals surface area contributed by atoms with Crippen molar-refractivity contribution in [3.05, 3.63) is 50.4 Å². The molecule has 0 amide bonds. The molecule has 0 aliphatic heterocycles. The van der Waals surface area contributed by atoms with Crippen LogP contribution >= 0.6 is 46.4 Å². The van der Waals surface area contributed by atoms with Gasteiger partial charge in [-0.1, -0.05) is 52.5 Å². The van der Waals surface area contributed by atoms with Gasteiger partial charge in [-0.05, 0) is 35.4 Å². The average molecular weight is 322 g/mol. The second kappa shape index (κ2) is 5.58. The molecule has 0 fully saturated rings. The second-order valence-corrected chi connectivity index (χ2v) is 5.20. The van der Waals surface area contributed by atoms with Crippen molar-refractivity contribution < 1.29 is 4.74 Å². The van der Waals surface area contributed by atoms with E-state index in [0.29, 0.717) is 25.8 Å². The normalized spacial score (nSPS) is 10.5. The van der Waals surface area contributed by atoms with Gasteiger partial charge in [-0.3, -0.25) is 0 Å². The van der Waals surface area contributed by atoms with Crippen molar-refractivity contribution in [1.82, 2.24) is 0 Å². The highest BCUT2D eigenvalue weighted by Crippen LogP contribution is 2.37. The fourth-order valence-corrected chi connectivity index (χ4v) is 2.42. The van der Waals surface area contributed by atoms with Crippen molar-refractivity contribution in [2.75, 3.05) is 7.11 Å². The minimum Gasteiger partial charge on any atom is -0.495 e. The third kappa shape index (κ3) is 2.70. The molecule has 1 nitrogen and oxygen atoms in total. The van der Waals surface area contributed by atoms with Crippen molar-refractivity contribution in [2.24, 2.45) is 0 Å². The zero-order chi connectivity index (χ0) is 13.3. The van der Waals surface area contributed by atoms with Crippen molar-refractivity contribution in [2.45, 2.75) is 0 Å². The van der Waals surface area contributed by atoms with Crippen LogP contribution in [0, 0.1) is 0 Å². The van der Waals surface area contributed by atoms with E-state index >= 15 is 0 Å². The predicted octanol–water partition coefficient (Wildman–Crippen LogP) is 5.98. The maximum Gasteiger partial charge on any atom is 0.137 e. The molecule has 0 saturated carbocycles. The van der Waals surface area contributed by atoms with Gasteiger partial charge in [0.15, 0.2) is 0 Å². The Morgan fingerprint density at radius 3 is 1.83 bits per heavy atom. The average Bonchev–Trinajstić information content (AvgIpc) is 2.35. The zero-order valence-corrected chi connectivity index (χ0v) is 12.3. The molecular weight excluding hydrogens is 314 g/mol. The van der Waals surface area contributed by atoms with Crippen LogP contribution in [0.25, 0.3) is 11.1 Å². The van der Waals surface area contributed by atoms with Crippen LogP contribution in [0.1, 0.15) is 0 Å². The summed E-state index contributed by atoms with van der Waals surface area (Å²) in [6, 6.07) is 8.94. The molecule has 0 N–H and O–H groups in total. The van der Waals surface area contributed by atoms with Crippen LogP contribution in [-0.2, 0) is 0 Å². The Kier molecular flexibility index (Phi) is 4.29. The summed E-state index contributed by atoms with van der Waals surface area (Å²) in [7, 11) is 1.57. The number of halogens is 4. The lowest BCUT2D eigenvalue weighted by Gasteiger charge is -2.08. The van der Waals surface area contributed by atoms with Crippen molar-refractivity contribution in [3.8, 4) is 16.9 Å². The van der Waals surface area contributed by atoms with Crippen LogP contribution in [0.3, 0.4) is 0 Å². The number of methoxy groups -OCH3 is 1. The molecule has 2 aromatic rings. The highest BCUT2D eigenvalue weighted by atomic mass is 35.5. The van der Waals surface area contributed by atoms with Gasteiger partial charge in [-0.15, -0.1) is 0 Å². The van der Waals surface area contributed by atoms with Crippen molar-refractivity contribution in [1.29, 1.82) is 0 Å². The standard InChI is InChI=1S/C13H8Cl4O/c1-18-12-3-2-7(4-9(12)14)8-5-10(15)13(17)11(16)6-8/h2-6H,1H3. The van der Waals surface area contributed by atoms with Crippen LogP contribution in [0.2, 0.25) is 20.1 Å². The second-order valence-electron chi connectivity index (χ2n) is 3.60. The highest BCUT2D eigenvalue weighted by Gasteiger charge is 2.09. The SMILES string of the molecule is COc1ccc(-c2cc(Cl)c(Cl)c(Cl)c2)cc1Cl. The number of hydrogen-bond donors (Lipinski definition) is 0. The molecule has 0 atom stereocenters. The topological polar surface area (TPSA) is 9.23 Å². The summed E-state index contributed by atoms with van der Waals surface area (Å²) in [4.78, 5) is 0. The Bertz CT molecular complexity index is 573. The summed E-state index contributed by atoms with van der Waals surface area (Å²) in [5, 5.41) is 1.69. The Balaban J connectivity index is 2.52. The lowest BCUT2D eigenvalue weighted by molar-refractivity contribution is 0.415. The first-order valence-electron chi connectivity index (χ1n) is 5.01. The molecular formula is C13H8Cl4O. The molecule has 0 heterocycles. The number of rotatable bonds is 2. The lowest BCUT2D eigenvalue weighted by atomic mass is 10.1. The summed E-state index contributed by atoms with van der Waals surface area (Å²) in [5.41, 5.74) is 1.74. The fraction of sp³-hybridized carbons (Fsp3) is 0.0769. The van der Waals surface area contributed by atoms with E-state index in [0.717, 1.165) is 11.1 Å². The summed E-state index contributed by atoms with van der Waals surface area (Å²) in [5.74, 6) is 0.617. The summed E-state index contributed by atoms with van der Waals surface area (Å²) < 4.78 is 5.10. The van der Waals surface area contributed by atoms with E-state index < -0.39 is 0 Å². The smallest absolute Gasteiger partial charge is 0.137 e. The van der Waals surface area contributed by atoms with E-state index in [-0.39, 0.29) is 0 Å². The van der Waals surface area contributed by atoms with Crippen LogP contribution in [0.15, 0.2) is 30.3 Å². The fourth-order valence-electron chi connectivity index (χ4n) is 1.57. The Labute approximate surface area is 125 Å². The van der Waals surface area contributed by atoms with E-state index in [4.69, 9.17) is 51.1 Å². The van der Waals surface area contributed by atoms with Gasteiger partial charge in [0.2, 0.25) is 0 Å². The molecule has 94 valence electrons. The minimum atomic E-state index is 0.349. The molecule has 0 aliphatic carbocycles. The summed E-state index contributed by atoms with van der Waals surface area (Å²) >= 11 is 24.0. The number of ether oxygens (including phenoxy) is 1. The molecule has 0 bridgehead atoms. The number of benzene rings is 2. The van der Waals surface area contributed by atoms with Crippen LogP contribution < -0.4 is 4.74 Å². The van der Waals surface area contributed by atoms with E-state index in [9.17, 15) is 0 Å². The number of hydrogen-bond acceptors (Lipinski definition) is 1. The largest absolute Gasteiger partial charge is 0.495 e.